The number of carbonyl (C=O) groups is 1. The number of aliphatic hydroxyl groups excluding tert-OH is 1. The van der Waals surface area contributed by atoms with E-state index in [0.717, 1.165) is 24.1 Å². The zero-order chi connectivity index (χ0) is 15.6. The molecule has 0 aliphatic carbocycles. The summed E-state index contributed by atoms with van der Waals surface area (Å²) >= 11 is 0. The third-order valence-electron chi connectivity index (χ3n) is 3.47. The molecule has 1 amide bonds. The number of fused-ring (bicyclic) bond motifs is 1. The Morgan fingerprint density at radius 1 is 1.48 bits per heavy atom. The van der Waals surface area contributed by atoms with Crippen LogP contribution in [0.1, 0.15) is 45.4 Å². The lowest BCUT2D eigenvalue weighted by molar-refractivity contribution is 0.0562. The summed E-state index contributed by atoms with van der Waals surface area (Å²) < 4.78 is 5.50. The van der Waals surface area contributed by atoms with Crippen molar-refractivity contribution in [2.75, 3.05) is 11.5 Å². The number of nitrogens with zero attached hydrogens (tertiary/aromatic N) is 2. The molecule has 1 unspecified atom stereocenters. The Bertz CT molecular complexity index is 523. The van der Waals surface area contributed by atoms with Crippen molar-refractivity contribution in [3.8, 4) is 0 Å². The maximum atomic E-state index is 12.5. The number of aryl methyl sites for hydroxylation is 1. The number of rotatable bonds is 2. The molecular formula is C16H24N2O3. The first kappa shape index (κ1) is 15.8. The highest BCUT2D eigenvalue weighted by Gasteiger charge is 2.33. The average Bonchev–Trinajstić information content (AvgIpc) is 2.36. The summed E-state index contributed by atoms with van der Waals surface area (Å²) in [6.07, 6.45) is 1.93. The molecule has 116 valence electrons. The standard InChI is InChI=1S/C16H24N2O3/c1-11-5-6-12-7-8-13(9-10-19)17-14(12)18(11)15(20)21-16(2,3)4/h7-8,11,19H,5-6,9-10H2,1-4H3. The zero-order valence-corrected chi connectivity index (χ0v) is 13.2. The Kier molecular flexibility index (Phi) is 4.52. The van der Waals surface area contributed by atoms with Gasteiger partial charge in [0, 0.05) is 24.8 Å². The van der Waals surface area contributed by atoms with Crippen LogP contribution < -0.4 is 4.90 Å². The molecule has 0 spiro atoms. The lowest BCUT2D eigenvalue weighted by Crippen LogP contribution is -2.45. The molecular weight excluding hydrogens is 268 g/mol. The van der Waals surface area contributed by atoms with E-state index in [4.69, 9.17) is 9.84 Å². The monoisotopic (exact) mass is 292 g/mol. The first-order chi connectivity index (χ1) is 9.81. The molecule has 1 aromatic rings. The molecule has 5 nitrogen and oxygen atoms in total. The maximum absolute atomic E-state index is 12.5. The predicted octanol–water partition coefficient (Wildman–Crippen LogP) is 2.69. The van der Waals surface area contributed by atoms with Crippen molar-refractivity contribution in [2.45, 2.75) is 58.6 Å². The van der Waals surface area contributed by atoms with Crippen LogP contribution in [-0.4, -0.2) is 34.4 Å². The van der Waals surface area contributed by atoms with E-state index >= 15 is 0 Å². The molecule has 0 saturated carbocycles. The highest BCUT2D eigenvalue weighted by Crippen LogP contribution is 2.30. The molecule has 1 aromatic heterocycles. The molecule has 0 radical (unpaired) electrons. The largest absolute Gasteiger partial charge is 0.443 e. The Balaban J connectivity index is 2.34. The fourth-order valence-corrected chi connectivity index (χ4v) is 2.45. The molecule has 1 N–H and O–H groups in total. The van der Waals surface area contributed by atoms with Crippen LogP contribution in [-0.2, 0) is 17.6 Å². The van der Waals surface area contributed by atoms with Crippen LogP contribution in [0.3, 0.4) is 0 Å². The Hall–Kier alpha value is -1.62. The Morgan fingerprint density at radius 2 is 2.19 bits per heavy atom. The fourth-order valence-electron chi connectivity index (χ4n) is 2.45. The smallest absolute Gasteiger partial charge is 0.416 e. The lowest BCUT2D eigenvalue weighted by atomic mass is 9.99. The van der Waals surface area contributed by atoms with E-state index in [-0.39, 0.29) is 18.7 Å². The van der Waals surface area contributed by atoms with E-state index in [1.165, 1.54) is 0 Å². The molecule has 2 heterocycles. The topological polar surface area (TPSA) is 62.7 Å². The molecule has 0 aromatic carbocycles. The number of hydrogen-bond acceptors (Lipinski definition) is 4. The number of anilines is 1. The van der Waals surface area contributed by atoms with Crippen molar-refractivity contribution in [3.63, 3.8) is 0 Å². The molecule has 0 saturated heterocycles. The second-order valence-electron chi connectivity index (χ2n) is 6.50. The van der Waals surface area contributed by atoms with Crippen molar-refractivity contribution < 1.29 is 14.6 Å². The van der Waals surface area contributed by atoms with Crippen molar-refractivity contribution in [2.24, 2.45) is 0 Å². The second kappa shape index (κ2) is 6.02. The SMILES string of the molecule is CC1CCc2ccc(CCO)nc2N1C(=O)OC(C)(C)C. The van der Waals surface area contributed by atoms with Gasteiger partial charge in [-0.15, -0.1) is 0 Å². The van der Waals surface area contributed by atoms with E-state index in [1.54, 1.807) is 4.90 Å². The summed E-state index contributed by atoms with van der Waals surface area (Å²) in [5.41, 5.74) is 1.32. The third kappa shape index (κ3) is 3.73. The van der Waals surface area contributed by atoms with Crippen LogP contribution in [0.25, 0.3) is 0 Å². The van der Waals surface area contributed by atoms with Gasteiger partial charge in [0.05, 0.1) is 0 Å². The maximum Gasteiger partial charge on any atom is 0.416 e. The van der Waals surface area contributed by atoms with Crippen LogP contribution >= 0.6 is 0 Å². The van der Waals surface area contributed by atoms with Crippen LogP contribution in [0.15, 0.2) is 12.1 Å². The predicted molar refractivity (Wildman–Crippen MR) is 81.5 cm³/mol. The van der Waals surface area contributed by atoms with Crippen LogP contribution in [0.5, 0.6) is 0 Å². The molecule has 21 heavy (non-hydrogen) atoms. The van der Waals surface area contributed by atoms with Crippen LogP contribution in [0.4, 0.5) is 10.6 Å². The molecule has 2 rings (SSSR count). The van der Waals surface area contributed by atoms with Gasteiger partial charge in [-0.1, -0.05) is 6.07 Å². The summed E-state index contributed by atoms with van der Waals surface area (Å²) in [5, 5.41) is 9.06. The minimum atomic E-state index is -0.531. The van der Waals surface area contributed by atoms with Gasteiger partial charge in [0.25, 0.3) is 0 Å². The fraction of sp³-hybridized carbons (Fsp3) is 0.625. The lowest BCUT2D eigenvalue weighted by Gasteiger charge is -2.35. The molecule has 5 heteroatoms. The van der Waals surface area contributed by atoms with Crippen LogP contribution in [0, 0.1) is 0 Å². The highest BCUT2D eigenvalue weighted by molar-refractivity contribution is 5.88. The van der Waals surface area contributed by atoms with Gasteiger partial charge in [-0.3, -0.25) is 4.90 Å². The van der Waals surface area contributed by atoms with Gasteiger partial charge in [0.15, 0.2) is 0 Å². The molecule has 1 aliphatic rings. The second-order valence-corrected chi connectivity index (χ2v) is 6.50. The Labute approximate surface area is 125 Å². The van der Waals surface area contributed by atoms with Gasteiger partial charge in [-0.2, -0.15) is 0 Å². The average molecular weight is 292 g/mol. The van der Waals surface area contributed by atoms with Gasteiger partial charge in [0.1, 0.15) is 11.4 Å². The summed E-state index contributed by atoms with van der Waals surface area (Å²) in [6, 6.07) is 3.97. The summed E-state index contributed by atoms with van der Waals surface area (Å²) in [6.45, 7) is 7.63. The van der Waals surface area contributed by atoms with E-state index in [2.05, 4.69) is 4.98 Å². The van der Waals surface area contributed by atoms with E-state index in [0.29, 0.717) is 12.2 Å². The summed E-state index contributed by atoms with van der Waals surface area (Å²) in [5.74, 6) is 0.675. The van der Waals surface area contributed by atoms with Crippen LogP contribution in [0.2, 0.25) is 0 Å². The number of carbonyl (C=O) groups excluding carboxylic acids is 1. The van der Waals surface area contributed by atoms with Gasteiger partial charge in [0.2, 0.25) is 0 Å². The quantitative estimate of drug-likeness (QED) is 0.910. The Morgan fingerprint density at radius 3 is 2.81 bits per heavy atom. The van der Waals surface area contributed by atoms with Gasteiger partial charge < -0.3 is 9.84 Å². The summed E-state index contributed by atoms with van der Waals surface area (Å²) in [4.78, 5) is 18.7. The zero-order valence-electron chi connectivity index (χ0n) is 13.2. The van der Waals surface area contributed by atoms with E-state index in [1.807, 2.05) is 39.8 Å². The van der Waals surface area contributed by atoms with Crippen molar-refractivity contribution in [3.05, 3.63) is 23.4 Å². The molecule has 1 atom stereocenters. The highest BCUT2D eigenvalue weighted by atomic mass is 16.6. The molecule has 0 bridgehead atoms. The molecule has 0 fully saturated rings. The number of aromatic nitrogens is 1. The number of ether oxygens (including phenoxy) is 1. The van der Waals surface area contributed by atoms with Crippen molar-refractivity contribution in [1.29, 1.82) is 0 Å². The van der Waals surface area contributed by atoms with Gasteiger partial charge in [-0.05, 0) is 52.2 Å². The minimum Gasteiger partial charge on any atom is -0.443 e. The third-order valence-corrected chi connectivity index (χ3v) is 3.47. The van der Waals surface area contributed by atoms with E-state index in [9.17, 15) is 4.79 Å². The number of aliphatic hydroxyl groups is 1. The summed E-state index contributed by atoms with van der Waals surface area (Å²) in [7, 11) is 0. The number of hydrogen-bond donors (Lipinski definition) is 1. The first-order valence-corrected chi connectivity index (χ1v) is 7.43. The van der Waals surface area contributed by atoms with E-state index < -0.39 is 5.60 Å². The minimum absolute atomic E-state index is 0.0494. The molecule has 1 aliphatic heterocycles. The van der Waals surface area contributed by atoms with Gasteiger partial charge in [-0.25, -0.2) is 9.78 Å². The number of pyridine rings is 1. The first-order valence-electron chi connectivity index (χ1n) is 7.43. The van der Waals surface area contributed by atoms with Crippen molar-refractivity contribution >= 4 is 11.9 Å². The van der Waals surface area contributed by atoms with Gasteiger partial charge >= 0.3 is 6.09 Å². The normalized spacial score (nSPS) is 18.3. The van der Waals surface area contributed by atoms with Crippen molar-refractivity contribution in [1.82, 2.24) is 4.98 Å². The number of amides is 1.